The average Bonchev–Trinajstić information content (AvgIpc) is 2.69. The fraction of sp³-hybridized carbons (Fsp3) is 0.522. The van der Waals surface area contributed by atoms with E-state index < -0.39 is 17.5 Å². The monoisotopic (exact) mass is 452 g/mol. The Morgan fingerprint density at radius 2 is 1.84 bits per heavy atom. The number of nitrogens with zero attached hydrogens (tertiary/aromatic N) is 4. The van der Waals surface area contributed by atoms with Crippen LogP contribution in [0.1, 0.15) is 40.4 Å². The number of ether oxygens (including phenoxy) is 1. The van der Waals surface area contributed by atoms with E-state index >= 15 is 0 Å². The molecule has 1 fully saturated rings. The smallest absolute Gasteiger partial charge is 0.246 e. The fourth-order valence-electron chi connectivity index (χ4n) is 4.08. The van der Waals surface area contributed by atoms with Gasteiger partial charge in [0.1, 0.15) is 11.5 Å². The molecule has 0 bridgehead atoms. The van der Waals surface area contributed by atoms with Gasteiger partial charge in [0.05, 0.1) is 19.3 Å². The largest absolute Gasteiger partial charge is 0.490 e. The summed E-state index contributed by atoms with van der Waals surface area (Å²) in [5.41, 5.74) is 0.730. The van der Waals surface area contributed by atoms with Crippen LogP contribution < -0.4 is 14.5 Å². The minimum atomic E-state index is -1.52. The van der Waals surface area contributed by atoms with E-state index in [-0.39, 0.29) is 39.0 Å². The van der Waals surface area contributed by atoms with Crippen molar-refractivity contribution in [1.82, 2.24) is 9.97 Å². The highest BCUT2D eigenvalue weighted by molar-refractivity contribution is 6.01. The number of halogens is 3. The number of hydrogen-bond donors (Lipinski definition) is 0. The minimum Gasteiger partial charge on any atom is -0.490 e. The van der Waals surface area contributed by atoms with Crippen molar-refractivity contribution in [2.24, 2.45) is 11.8 Å². The van der Waals surface area contributed by atoms with Gasteiger partial charge in [0, 0.05) is 20.0 Å². The zero-order valence-corrected chi connectivity index (χ0v) is 16.9. The first-order chi connectivity index (χ1) is 14.4. The third-order valence-corrected chi connectivity index (χ3v) is 5.72. The topological polar surface area (TPSA) is 58.6 Å². The molecule has 1 aliphatic heterocycles. The molecule has 2 aromatic rings. The van der Waals surface area contributed by atoms with Crippen LogP contribution in [0, 0.1) is 29.3 Å². The van der Waals surface area contributed by atoms with E-state index in [1.54, 1.807) is 11.1 Å². The van der Waals surface area contributed by atoms with Crippen molar-refractivity contribution in [2.45, 2.75) is 41.0 Å². The Morgan fingerprint density at radius 3 is 2.53 bits per heavy atom. The molecule has 9 heteroatoms. The second-order valence-corrected chi connectivity index (χ2v) is 7.88. The lowest BCUT2D eigenvalue weighted by atomic mass is 9.73. The number of benzene rings is 1. The number of likely N-dealkylation sites (N-methyl/N-ethyl adjacent to an activating group) is 2. The molecule has 2 heterocycles. The summed E-state index contributed by atoms with van der Waals surface area (Å²) in [6, 6.07) is 1.96. The summed E-state index contributed by atoms with van der Waals surface area (Å²) in [6.07, 6.45) is 4.14. The summed E-state index contributed by atoms with van der Waals surface area (Å²) in [5, 5.41) is 0. The maximum absolute atomic E-state index is 13.7. The Morgan fingerprint density at radius 1 is 1.12 bits per heavy atom. The predicted molar refractivity (Wildman–Crippen MR) is 119 cm³/mol. The molecule has 176 valence electrons. The molecule has 0 spiro atoms. The summed E-state index contributed by atoms with van der Waals surface area (Å²) < 4.78 is 45.2. The molecule has 0 N–H and O–H groups in total. The van der Waals surface area contributed by atoms with Crippen LogP contribution in [0.4, 0.5) is 24.7 Å². The molecule has 6 nitrogen and oxygen atoms in total. The molecule has 1 amide bonds. The van der Waals surface area contributed by atoms with Crippen LogP contribution in [-0.4, -0.2) is 42.6 Å². The summed E-state index contributed by atoms with van der Waals surface area (Å²) in [4.78, 5) is 24.8. The number of carbonyl (C=O) groups excluding carboxylic acids is 1. The molecule has 4 rings (SSSR count). The fourth-order valence-corrected chi connectivity index (χ4v) is 4.08. The number of hydrogen-bond acceptors (Lipinski definition) is 5. The van der Waals surface area contributed by atoms with Crippen molar-refractivity contribution in [3.05, 3.63) is 41.6 Å². The van der Waals surface area contributed by atoms with E-state index in [9.17, 15) is 18.0 Å². The third kappa shape index (κ3) is 4.81. The van der Waals surface area contributed by atoms with Gasteiger partial charge < -0.3 is 14.5 Å². The molecule has 2 aliphatic rings. The highest BCUT2D eigenvalue weighted by atomic mass is 19.2. The lowest BCUT2D eigenvalue weighted by Crippen LogP contribution is -2.45. The van der Waals surface area contributed by atoms with Gasteiger partial charge in [-0.25, -0.2) is 18.7 Å². The number of anilines is 2. The molecule has 32 heavy (non-hydrogen) atoms. The Balaban J connectivity index is 0.00000181. The summed E-state index contributed by atoms with van der Waals surface area (Å²) >= 11 is 0. The Hall–Kier alpha value is -2.84. The lowest BCUT2D eigenvalue weighted by molar-refractivity contribution is -0.117. The van der Waals surface area contributed by atoms with E-state index in [0.717, 1.165) is 42.3 Å². The first kappa shape index (κ1) is 25.4. The van der Waals surface area contributed by atoms with E-state index in [1.165, 1.54) is 0 Å². The van der Waals surface area contributed by atoms with Gasteiger partial charge >= 0.3 is 0 Å². The summed E-state index contributed by atoms with van der Waals surface area (Å²) in [7, 11) is 1.84. The van der Waals surface area contributed by atoms with E-state index in [0.29, 0.717) is 25.4 Å². The molecule has 1 saturated carbocycles. The van der Waals surface area contributed by atoms with E-state index in [2.05, 4.69) is 9.97 Å². The normalized spacial score (nSPS) is 19.5. The van der Waals surface area contributed by atoms with Crippen LogP contribution in [0.25, 0.3) is 0 Å². The summed E-state index contributed by atoms with van der Waals surface area (Å²) in [5.74, 6) is -2.20. The molecular formula is C23H31F3N4O2. The van der Waals surface area contributed by atoms with Gasteiger partial charge in [-0.2, -0.15) is 4.39 Å². The lowest BCUT2D eigenvalue weighted by Gasteiger charge is -2.36. The molecular weight excluding hydrogens is 421 g/mol. The van der Waals surface area contributed by atoms with Crippen molar-refractivity contribution < 1.29 is 22.7 Å². The van der Waals surface area contributed by atoms with E-state index in [4.69, 9.17) is 4.74 Å². The zero-order valence-electron chi connectivity index (χ0n) is 16.9. The van der Waals surface area contributed by atoms with Crippen molar-refractivity contribution >= 4 is 17.4 Å². The van der Waals surface area contributed by atoms with Gasteiger partial charge in [-0.15, -0.1) is 0 Å². The van der Waals surface area contributed by atoms with Crippen molar-refractivity contribution in [3.8, 4) is 5.75 Å². The van der Waals surface area contributed by atoms with Crippen molar-refractivity contribution in [3.63, 3.8) is 0 Å². The van der Waals surface area contributed by atoms with Crippen molar-refractivity contribution in [1.29, 1.82) is 0 Å². The maximum Gasteiger partial charge on any atom is 0.246 e. The highest BCUT2D eigenvalue weighted by Crippen LogP contribution is 2.37. The second-order valence-electron chi connectivity index (χ2n) is 7.88. The van der Waals surface area contributed by atoms with Gasteiger partial charge in [0.25, 0.3) is 0 Å². The molecule has 0 saturated heterocycles. The van der Waals surface area contributed by atoms with Gasteiger partial charge in [0.15, 0.2) is 23.2 Å². The van der Waals surface area contributed by atoms with E-state index in [1.807, 2.05) is 18.9 Å². The molecule has 0 atom stereocenters. The van der Waals surface area contributed by atoms with Crippen LogP contribution in [0.15, 0.2) is 18.3 Å². The van der Waals surface area contributed by atoms with Crippen LogP contribution in [0.3, 0.4) is 0 Å². The number of fused-ring (bicyclic) bond motifs is 1. The Bertz CT molecular complexity index is 966. The SMILES string of the molecule is C.C.CCN1C(=O)CN(C)c2nc(CC3CC(COc4ccc(F)c(F)c4F)C3)ncc21. The Labute approximate surface area is 187 Å². The van der Waals surface area contributed by atoms with Crippen LogP contribution in [0.2, 0.25) is 0 Å². The highest BCUT2D eigenvalue weighted by Gasteiger charge is 2.32. The Kier molecular flexibility index (Phi) is 8.09. The molecule has 1 aromatic heterocycles. The number of rotatable bonds is 6. The quantitative estimate of drug-likeness (QED) is 0.599. The summed E-state index contributed by atoms with van der Waals surface area (Å²) in [6.45, 7) is 3.04. The standard InChI is InChI=1S/C21H23F3N4O2.2CH4/c1-3-28-15-9-25-17(26-21(15)27(2)10-18(28)29)8-12-6-13(7-12)11-30-16-5-4-14(22)19(23)20(16)24;;/h4-5,9,12-13H,3,6-8,10-11H2,1-2H3;2*1H4. The van der Waals surface area contributed by atoms with Gasteiger partial charge in [0.2, 0.25) is 11.7 Å². The minimum absolute atomic E-state index is 0. The number of aromatic nitrogens is 2. The van der Waals surface area contributed by atoms with Gasteiger partial charge in [-0.1, -0.05) is 14.9 Å². The van der Waals surface area contributed by atoms with Gasteiger partial charge in [-0.3, -0.25) is 4.79 Å². The van der Waals surface area contributed by atoms with Crippen LogP contribution in [-0.2, 0) is 11.2 Å². The molecule has 0 unspecified atom stereocenters. The number of carbonyl (C=O) groups is 1. The van der Waals surface area contributed by atoms with Crippen LogP contribution in [0.5, 0.6) is 5.75 Å². The maximum atomic E-state index is 13.7. The van der Waals surface area contributed by atoms with Crippen LogP contribution >= 0.6 is 0 Å². The van der Waals surface area contributed by atoms with Crippen molar-refractivity contribution in [2.75, 3.05) is 36.5 Å². The first-order valence-electron chi connectivity index (χ1n) is 10.0. The second kappa shape index (κ2) is 10.2. The number of amides is 1. The average molecular weight is 453 g/mol. The van der Waals surface area contributed by atoms with Gasteiger partial charge in [-0.05, 0) is 43.7 Å². The molecule has 1 aromatic carbocycles. The zero-order chi connectivity index (χ0) is 21.4. The first-order valence-corrected chi connectivity index (χ1v) is 10.0. The molecule has 1 aliphatic carbocycles. The predicted octanol–water partition coefficient (Wildman–Crippen LogP) is 4.62. The molecule has 0 radical (unpaired) electrons. The third-order valence-electron chi connectivity index (χ3n) is 5.72.